The van der Waals surface area contributed by atoms with Crippen LogP contribution in [0, 0.1) is 12.3 Å². The first-order chi connectivity index (χ1) is 12.9. The van der Waals surface area contributed by atoms with Crippen molar-refractivity contribution in [3.63, 3.8) is 0 Å². The zero-order chi connectivity index (χ0) is 19.3. The second-order valence-corrected chi connectivity index (χ2v) is 6.85. The summed E-state index contributed by atoms with van der Waals surface area (Å²) in [5.41, 5.74) is 4.57. The number of hydrogen-bond donors (Lipinski definition) is 2. The molecule has 0 unspecified atom stereocenters. The molecule has 136 valence electrons. The van der Waals surface area contributed by atoms with Crippen molar-refractivity contribution >= 4 is 33.9 Å². The number of nitrogens with zero attached hydrogens (tertiary/aromatic N) is 3. The van der Waals surface area contributed by atoms with E-state index in [0.717, 1.165) is 16.6 Å². The molecule has 2 aromatic carbocycles. The van der Waals surface area contributed by atoms with E-state index in [1.54, 1.807) is 23.1 Å². The van der Waals surface area contributed by atoms with Crippen LogP contribution in [-0.4, -0.2) is 32.8 Å². The summed E-state index contributed by atoms with van der Waals surface area (Å²) in [5, 5.41) is 19.2. The maximum absolute atomic E-state index is 11.7. The third-order valence-corrected chi connectivity index (χ3v) is 4.93. The molecule has 27 heavy (non-hydrogen) atoms. The third-order valence-electron chi connectivity index (χ3n) is 4.93. The SMILES string of the molecule is CC(=O)c1cccc(N2CC(O)=C(c3nc4cc(C)ccc4n3C)C2=N)c1. The lowest BCUT2D eigenvalue weighted by molar-refractivity contribution is 0.101. The van der Waals surface area contributed by atoms with Gasteiger partial charge in [-0.3, -0.25) is 10.2 Å². The van der Waals surface area contributed by atoms with Crippen molar-refractivity contribution in [2.24, 2.45) is 7.05 Å². The summed E-state index contributed by atoms with van der Waals surface area (Å²) in [6, 6.07) is 13.1. The van der Waals surface area contributed by atoms with Crippen LogP contribution in [0.15, 0.2) is 48.2 Å². The van der Waals surface area contributed by atoms with Gasteiger partial charge in [0, 0.05) is 18.3 Å². The molecule has 0 radical (unpaired) electrons. The summed E-state index contributed by atoms with van der Waals surface area (Å²) in [4.78, 5) is 18.0. The Hall–Kier alpha value is -3.41. The van der Waals surface area contributed by atoms with Crippen LogP contribution in [0.5, 0.6) is 0 Å². The van der Waals surface area contributed by atoms with E-state index in [9.17, 15) is 9.90 Å². The van der Waals surface area contributed by atoms with Crippen molar-refractivity contribution in [1.29, 1.82) is 5.41 Å². The van der Waals surface area contributed by atoms with Crippen LogP contribution in [-0.2, 0) is 7.05 Å². The Balaban J connectivity index is 1.76. The highest BCUT2D eigenvalue weighted by atomic mass is 16.3. The minimum Gasteiger partial charge on any atom is -0.509 e. The highest BCUT2D eigenvalue weighted by molar-refractivity contribution is 6.30. The van der Waals surface area contributed by atoms with Crippen molar-refractivity contribution in [3.05, 3.63) is 65.2 Å². The lowest BCUT2D eigenvalue weighted by Gasteiger charge is -2.19. The molecule has 0 saturated heterocycles. The van der Waals surface area contributed by atoms with E-state index in [4.69, 9.17) is 5.41 Å². The number of carbonyl (C=O) groups is 1. The minimum absolute atomic E-state index is 0.0364. The number of fused-ring (bicyclic) bond motifs is 1. The second kappa shape index (κ2) is 6.09. The van der Waals surface area contributed by atoms with Gasteiger partial charge in [0.05, 0.1) is 23.2 Å². The van der Waals surface area contributed by atoms with Crippen LogP contribution in [0.4, 0.5) is 5.69 Å². The molecule has 2 N–H and O–H groups in total. The molecule has 6 nitrogen and oxygen atoms in total. The molecule has 1 aromatic heterocycles. The van der Waals surface area contributed by atoms with Crippen LogP contribution >= 0.6 is 0 Å². The van der Waals surface area contributed by atoms with Gasteiger partial charge >= 0.3 is 0 Å². The Morgan fingerprint density at radius 1 is 1.22 bits per heavy atom. The van der Waals surface area contributed by atoms with Crippen LogP contribution < -0.4 is 4.90 Å². The molecule has 1 aliphatic rings. The van der Waals surface area contributed by atoms with Crippen LogP contribution in [0.2, 0.25) is 0 Å². The van der Waals surface area contributed by atoms with E-state index in [2.05, 4.69) is 4.98 Å². The number of aromatic nitrogens is 2. The Morgan fingerprint density at radius 2 is 2.00 bits per heavy atom. The number of hydrogen-bond acceptors (Lipinski definition) is 4. The minimum atomic E-state index is -0.0364. The average molecular weight is 360 g/mol. The van der Waals surface area contributed by atoms with E-state index in [0.29, 0.717) is 22.6 Å². The molecule has 0 amide bonds. The van der Waals surface area contributed by atoms with Gasteiger partial charge in [0.15, 0.2) is 5.78 Å². The van der Waals surface area contributed by atoms with E-state index in [1.165, 1.54) is 6.92 Å². The molecule has 0 bridgehead atoms. The van der Waals surface area contributed by atoms with Gasteiger partial charge in [-0.15, -0.1) is 0 Å². The van der Waals surface area contributed by atoms with Crippen molar-refractivity contribution < 1.29 is 9.90 Å². The van der Waals surface area contributed by atoms with Crippen LogP contribution in [0.3, 0.4) is 0 Å². The monoisotopic (exact) mass is 360 g/mol. The molecular formula is C21H20N4O2. The maximum atomic E-state index is 11.7. The third kappa shape index (κ3) is 2.70. The molecule has 0 aliphatic carbocycles. The molecule has 0 fully saturated rings. The number of amidine groups is 1. The van der Waals surface area contributed by atoms with Gasteiger partial charge in [0.1, 0.15) is 17.4 Å². The number of nitrogens with one attached hydrogen (secondary N) is 1. The van der Waals surface area contributed by atoms with Crippen molar-refractivity contribution in [2.75, 3.05) is 11.4 Å². The smallest absolute Gasteiger partial charge is 0.159 e. The summed E-state index contributed by atoms with van der Waals surface area (Å²) >= 11 is 0. The zero-order valence-corrected chi connectivity index (χ0v) is 15.4. The first-order valence-electron chi connectivity index (χ1n) is 8.70. The van der Waals surface area contributed by atoms with Crippen LogP contribution in [0.25, 0.3) is 16.6 Å². The number of rotatable bonds is 3. The number of Topliss-reactive ketones (excluding diaryl/α,β-unsaturated/α-hetero) is 1. The largest absolute Gasteiger partial charge is 0.509 e. The second-order valence-electron chi connectivity index (χ2n) is 6.85. The number of ketones is 1. The lowest BCUT2D eigenvalue weighted by Crippen LogP contribution is -2.26. The molecule has 4 rings (SSSR count). The van der Waals surface area contributed by atoms with Crippen molar-refractivity contribution in [3.8, 4) is 0 Å². The van der Waals surface area contributed by atoms with Gasteiger partial charge in [-0.2, -0.15) is 0 Å². The molecular weight excluding hydrogens is 340 g/mol. The first-order valence-corrected chi connectivity index (χ1v) is 8.70. The van der Waals surface area contributed by atoms with Crippen molar-refractivity contribution in [1.82, 2.24) is 9.55 Å². The van der Waals surface area contributed by atoms with Crippen molar-refractivity contribution in [2.45, 2.75) is 13.8 Å². The lowest BCUT2D eigenvalue weighted by atomic mass is 10.1. The summed E-state index contributed by atoms with van der Waals surface area (Å²) in [7, 11) is 1.88. The molecule has 2 heterocycles. The first kappa shape index (κ1) is 17.0. The van der Waals surface area contributed by atoms with Gasteiger partial charge < -0.3 is 14.6 Å². The van der Waals surface area contributed by atoms with Gasteiger partial charge in [-0.05, 0) is 43.7 Å². The van der Waals surface area contributed by atoms with Crippen LogP contribution in [0.1, 0.15) is 28.7 Å². The highest BCUT2D eigenvalue weighted by Crippen LogP contribution is 2.32. The standard InChI is InChI=1S/C21H20N4O2/c1-12-7-8-17-16(9-12)23-21(24(17)3)19-18(27)11-25(20(19)22)15-6-4-5-14(10-15)13(2)26/h4-10,22,27H,11H2,1-3H3. The molecule has 0 saturated carbocycles. The molecule has 1 aliphatic heterocycles. The number of carbonyl (C=O) groups excluding carboxylic acids is 1. The number of anilines is 1. The number of aryl methyl sites for hydroxylation is 2. The predicted molar refractivity (Wildman–Crippen MR) is 107 cm³/mol. The quantitative estimate of drug-likeness (QED) is 0.695. The summed E-state index contributed by atoms with van der Waals surface area (Å²) in [6.45, 7) is 3.70. The fraction of sp³-hybridized carbons (Fsp3) is 0.190. The summed E-state index contributed by atoms with van der Waals surface area (Å²) < 4.78 is 1.89. The Bertz CT molecular complexity index is 1140. The molecule has 0 atom stereocenters. The Morgan fingerprint density at radius 3 is 2.74 bits per heavy atom. The van der Waals surface area contributed by atoms with Gasteiger partial charge in [0.2, 0.25) is 0 Å². The highest BCUT2D eigenvalue weighted by Gasteiger charge is 2.32. The number of imidazole rings is 1. The molecule has 0 spiro atoms. The molecule has 6 heteroatoms. The normalized spacial score (nSPS) is 14.5. The maximum Gasteiger partial charge on any atom is 0.159 e. The summed E-state index contributed by atoms with van der Waals surface area (Å²) in [6.07, 6.45) is 0. The van der Waals surface area contributed by atoms with Gasteiger partial charge in [-0.1, -0.05) is 18.2 Å². The fourth-order valence-electron chi connectivity index (χ4n) is 3.46. The number of aliphatic hydroxyl groups excluding tert-OH is 1. The predicted octanol–water partition coefficient (Wildman–Crippen LogP) is 3.85. The fourth-order valence-corrected chi connectivity index (χ4v) is 3.46. The Labute approximate surface area is 156 Å². The van der Waals surface area contributed by atoms with E-state index >= 15 is 0 Å². The zero-order valence-electron chi connectivity index (χ0n) is 15.4. The number of aliphatic hydroxyl groups is 1. The average Bonchev–Trinajstić information content (AvgIpc) is 3.10. The van der Waals surface area contributed by atoms with Gasteiger partial charge in [-0.25, -0.2) is 4.98 Å². The van der Waals surface area contributed by atoms with Gasteiger partial charge in [0.25, 0.3) is 0 Å². The van der Waals surface area contributed by atoms with E-state index in [1.807, 2.05) is 42.8 Å². The summed E-state index contributed by atoms with van der Waals surface area (Å²) in [5.74, 6) is 0.792. The number of benzene rings is 2. The van der Waals surface area contributed by atoms with E-state index in [-0.39, 0.29) is 23.9 Å². The van der Waals surface area contributed by atoms with E-state index < -0.39 is 0 Å². The molecule has 3 aromatic rings. The Kier molecular flexibility index (Phi) is 3.84. The topological polar surface area (TPSA) is 82.2 Å².